The zero-order valence-corrected chi connectivity index (χ0v) is 9.52. The second-order valence-electron chi connectivity index (χ2n) is 2.42. The van der Waals surface area contributed by atoms with Gasteiger partial charge >= 0.3 is 33.0 Å². The maximum Gasteiger partial charge on any atom is 0.324 e. The molecule has 0 aromatic heterocycles. The molecule has 1 N–H and O–H groups in total. The fraction of sp³-hybridized carbons (Fsp3) is 1.00. The van der Waals surface area contributed by atoms with Gasteiger partial charge in [-0.15, -0.1) is 0 Å². The van der Waals surface area contributed by atoms with Crippen LogP contribution in [-0.4, -0.2) is 60.8 Å². The number of rotatable bonds is 0. The van der Waals surface area contributed by atoms with Gasteiger partial charge in [-0.3, -0.25) is 5.32 Å². The molecule has 1 rings (SSSR count). The third-order valence-electron chi connectivity index (χ3n) is 1.25. The average molecular weight is 143 g/mol. The third-order valence-corrected chi connectivity index (χ3v) is 2.44. The molecule has 0 atom stereocenters. The largest absolute Gasteiger partial charge is 0.369 e. The van der Waals surface area contributed by atoms with Gasteiger partial charge in [0.25, 0.3) is 0 Å². The van der Waals surface area contributed by atoms with Crippen LogP contribution in [0.2, 0.25) is 0 Å². The Bertz CT molecular complexity index is 70.9. The summed E-state index contributed by atoms with van der Waals surface area (Å²) in [6.07, 6.45) is 0. The van der Waals surface area contributed by atoms with Gasteiger partial charge in [-0.2, -0.15) is 0 Å². The van der Waals surface area contributed by atoms with Gasteiger partial charge in [-0.05, 0) is 0 Å². The van der Waals surface area contributed by atoms with Crippen LogP contribution in [0.3, 0.4) is 0 Å². The molecular weight excluding hydrogens is 132 g/mol. The molecule has 8 heavy (non-hydrogen) atoms. The first-order valence-corrected chi connectivity index (χ1v) is 4.66. The van der Waals surface area contributed by atoms with E-state index in [4.69, 9.17) is 0 Å². The van der Waals surface area contributed by atoms with E-state index < -0.39 is 0 Å². The van der Waals surface area contributed by atoms with E-state index in [-0.39, 0.29) is 0 Å². The molecule has 0 aromatic carbocycles. The van der Waals surface area contributed by atoms with Gasteiger partial charge in [0.1, 0.15) is 0 Å². The topological polar surface area (TPSA) is 18.5 Å². The zero-order valence-electron chi connectivity index (χ0n) is 5.52. The lowest BCUT2D eigenvalue weighted by Gasteiger charge is -2.33. The summed E-state index contributed by atoms with van der Waals surface area (Å²) in [5, 5.41) is 3.31. The van der Waals surface area contributed by atoms with Crippen molar-refractivity contribution in [2.75, 3.05) is 20.0 Å². The van der Waals surface area contributed by atoms with Crippen molar-refractivity contribution in [3.8, 4) is 0 Å². The smallest absolute Gasteiger partial charge is 0.324 e. The van der Waals surface area contributed by atoms with Crippen LogP contribution in [0, 0.1) is 0 Å². The molecule has 0 radical (unpaired) electrons. The molecule has 1 aliphatic heterocycles. The molecule has 0 aromatic rings. The van der Waals surface area contributed by atoms with Gasteiger partial charge in [0.05, 0.1) is 0 Å². The van der Waals surface area contributed by atoms with Crippen molar-refractivity contribution in [3.05, 3.63) is 0 Å². The minimum Gasteiger partial charge on any atom is -0.369 e. The highest BCUT2D eigenvalue weighted by atomic mass is 27.1. The van der Waals surface area contributed by atoms with Gasteiger partial charge in [0, 0.05) is 20.0 Å². The summed E-state index contributed by atoms with van der Waals surface area (Å²) in [7, 11) is 0. The SMILES string of the molecule is [AlH2][N]1CNC[N]([AlH2])C1. The van der Waals surface area contributed by atoms with Crippen LogP contribution < -0.4 is 5.32 Å². The summed E-state index contributed by atoms with van der Waals surface area (Å²) in [4.78, 5) is 0. The number of hydrogen-bond donors (Lipinski definition) is 1. The third kappa shape index (κ3) is 2.05. The monoisotopic (exact) mass is 143 g/mol. The van der Waals surface area contributed by atoms with Crippen LogP contribution in [0.15, 0.2) is 0 Å². The summed E-state index contributed by atoms with van der Waals surface area (Å²) in [6.45, 7) is 3.40. The highest BCUT2D eigenvalue weighted by Gasteiger charge is 2.05. The number of hydrogen-bond acceptors (Lipinski definition) is 3. The Kier molecular flexibility index (Phi) is 2.82. The van der Waals surface area contributed by atoms with Crippen LogP contribution in [0.4, 0.5) is 0 Å². The van der Waals surface area contributed by atoms with Crippen LogP contribution in [0.1, 0.15) is 0 Å². The first kappa shape index (κ1) is 7.06. The highest BCUT2D eigenvalue weighted by Crippen LogP contribution is 1.87. The summed E-state index contributed by atoms with van der Waals surface area (Å²) in [6, 6.07) is 0. The molecular formula is C3H11Al2N3. The Morgan fingerprint density at radius 3 is 1.88 bits per heavy atom. The Morgan fingerprint density at radius 2 is 1.62 bits per heavy atom. The van der Waals surface area contributed by atoms with Crippen molar-refractivity contribution in [2.45, 2.75) is 0 Å². The molecule has 0 bridgehead atoms. The molecule has 0 spiro atoms. The first-order chi connectivity index (χ1) is 3.79. The molecule has 1 saturated heterocycles. The molecule has 0 saturated carbocycles. The molecule has 3 nitrogen and oxygen atoms in total. The van der Waals surface area contributed by atoms with Gasteiger partial charge in [0.15, 0.2) is 0 Å². The zero-order chi connectivity index (χ0) is 5.98. The molecule has 0 aliphatic carbocycles. The van der Waals surface area contributed by atoms with E-state index in [0.717, 1.165) is 13.3 Å². The van der Waals surface area contributed by atoms with Crippen molar-refractivity contribution in [3.63, 3.8) is 0 Å². The highest BCUT2D eigenvalue weighted by molar-refractivity contribution is 6.06. The van der Waals surface area contributed by atoms with Crippen LogP contribution >= 0.6 is 0 Å². The lowest BCUT2D eigenvalue weighted by molar-refractivity contribution is 0.214. The maximum atomic E-state index is 3.31. The van der Waals surface area contributed by atoms with Crippen LogP contribution in [0.25, 0.3) is 0 Å². The second-order valence-corrected chi connectivity index (χ2v) is 4.95. The Morgan fingerprint density at radius 1 is 1.12 bits per heavy atom. The minimum absolute atomic E-state index is 1.10. The Hall–Kier alpha value is 0.945. The average Bonchev–Trinajstić information content (AvgIpc) is 1.64. The standard InChI is InChI=1S/C3H7N3.2Al.4H/c1-4-2-6-3-5-1;;;;;;/h4H,1-3H2;;;;;;/q-2;2*+1;;;;. The van der Waals surface area contributed by atoms with Gasteiger partial charge < -0.3 is 7.77 Å². The molecule has 1 heterocycles. The van der Waals surface area contributed by atoms with Crippen molar-refractivity contribution >= 4 is 33.0 Å². The summed E-state index contributed by atoms with van der Waals surface area (Å²) < 4.78 is 4.80. The summed E-state index contributed by atoms with van der Waals surface area (Å²) >= 11 is 2.38. The lowest BCUT2D eigenvalue weighted by Crippen LogP contribution is -2.50. The Balaban J connectivity index is 2.23. The van der Waals surface area contributed by atoms with E-state index >= 15 is 0 Å². The van der Waals surface area contributed by atoms with E-state index in [1.165, 1.54) is 39.7 Å². The minimum atomic E-state index is 1.10. The summed E-state index contributed by atoms with van der Waals surface area (Å²) in [5.41, 5.74) is 0. The maximum absolute atomic E-state index is 3.31. The molecule has 5 heteroatoms. The quantitative estimate of drug-likeness (QED) is 0.368. The van der Waals surface area contributed by atoms with E-state index in [1.807, 2.05) is 0 Å². The van der Waals surface area contributed by atoms with Gasteiger partial charge in [-0.25, -0.2) is 0 Å². The predicted molar refractivity (Wildman–Crippen MR) is 38.5 cm³/mol. The Labute approximate surface area is 66.3 Å². The van der Waals surface area contributed by atoms with E-state index in [9.17, 15) is 0 Å². The second kappa shape index (κ2) is 3.20. The fourth-order valence-corrected chi connectivity index (χ4v) is 2.92. The molecule has 0 unspecified atom stereocenters. The number of nitrogens with zero attached hydrogens (tertiary/aromatic N) is 2. The van der Waals surface area contributed by atoms with Crippen molar-refractivity contribution < 1.29 is 0 Å². The van der Waals surface area contributed by atoms with Gasteiger partial charge in [0.2, 0.25) is 0 Å². The molecule has 44 valence electrons. The van der Waals surface area contributed by atoms with E-state index in [1.54, 1.807) is 0 Å². The first-order valence-electron chi connectivity index (χ1n) is 2.87. The van der Waals surface area contributed by atoms with Crippen molar-refractivity contribution in [2.24, 2.45) is 0 Å². The van der Waals surface area contributed by atoms with Crippen molar-refractivity contribution in [1.29, 1.82) is 0 Å². The lowest BCUT2D eigenvalue weighted by atomic mass is 10.8. The van der Waals surface area contributed by atoms with Gasteiger partial charge in [-0.1, -0.05) is 0 Å². The normalized spacial score (nSPS) is 26.0. The molecule has 1 fully saturated rings. The predicted octanol–water partition coefficient (Wildman–Crippen LogP) is -2.84. The van der Waals surface area contributed by atoms with E-state index in [0.29, 0.717) is 0 Å². The summed E-state index contributed by atoms with van der Waals surface area (Å²) in [5.74, 6) is 0. The van der Waals surface area contributed by atoms with Crippen molar-refractivity contribution in [1.82, 2.24) is 13.1 Å². The van der Waals surface area contributed by atoms with E-state index in [2.05, 4.69) is 13.1 Å². The number of nitrogens with one attached hydrogen (secondary N) is 1. The van der Waals surface area contributed by atoms with Crippen LogP contribution in [-0.2, 0) is 0 Å². The van der Waals surface area contributed by atoms with Crippen LogP contribution in [0.5, 0.6) is 0 Å². The molecule has 1 aliphatic rings. The fourth-order valence-electron chi connectivity index (χ4n) is 0.944. The molecule has 0 amide bonds.